The lowest BCUT2D eigenvalue weighted by Crippen LogP contribution is -2.34. The van der Waals surface area contributed by atoms with Crippen molar-refractivity contribution in [3.05, 3.63) is 18.2 Å². The third-order valence-corrected chi connectivity index (χ3v) is 4.17. The molecule has 0 amide bonds. The topological polar surface area (TPSA) is 39.1 Å². The molecular formula is C14H23N3O. The summed E-state index contributed by atoms with van der Waals surface area (Å²) in [7, 11) is 0. The summed E-state index contributed by atoms with van der Waals surface area (Å²) in [6.45, 7) is 2.69. The standard InChI is InChI=1S/C14H23N3O/c1-2-4-6-12(5-3-1)17-11-16-9-13(17)14-10-15-7-8-18-14/h9,11-12,14-15H,1-8,10H2. The maximum absolute atomic E-state index is 5.86. The number of nitrogens with one attached hydrogen (secondary N) is 1. The Morgan fingerprint density at radius 3 is 2.78 bits per heavy atom. The number of morpholine rings is 1. The maximum Gasteiger partial charge on any atom is 0.111 e. The number of ether oxygens (including phenoxy) is 1. The predicted octanol–water partition coefficient (Wildman–Crippen LogP) is 2.44. The summed E-state index contributed by atoms with van der Waals surface area (Å²) in [6.07, 6.45) is 12.3. The molecule has 1 aliphatic heterocycles. The van der Waals surface area contributed by atoms with Crippen LogP contribution in [0.2, 0.25) is 0 Å². The molecule has 1 N–H and O–H groups in total. The summed E-state index contributed by atoms with van der Waals surface area (Å²) in [4.78, 5) is 4.36. The van der Waals surface area contributed by atoms with Crippen LogP contribution >= 0.6 is 0 Å². The summed E-state index contributed by atoms with van der Waals surface area (Å²) < 4.78 is 8.24. The second-order valence-corrected chi connectivity index (χ2v) is 5.43. The van der Waals surface area contributed by atoms with E-state index in [1.54, 1.807) is 0 Å². The molecule has 1 atom stereocenters. The molecule has 1 aliphatic carbocycles. The van der Waals surface area contributed by atoms with E-state index in [0.717, 1.165) is 19.7 Å². The van der Waals surface area contributed by atoms with Gasteiger partial charge >= 0.3 is 0 Å². The monoisotopic (exact) mass is 249 g/mol. The zero-order valence-electron chi connectivity index (χ0n) is 11.0. The number of aromatic nitrogens is 2. The molecule has 3 rings (SSSR count). The molecule has 4 nitrogen and oxygen atoms in total. The number of nitrogens with zero attached hydrogens (tertiary/aromatic N) is 2. The van der Waals surface area contributed by atoms with E-state index in [2.05, 4.69) is 14.9 Å². The van der Waals surface area contributed by atoms with Gasteiger partial charge in [-0.3, -0.25) is 0 Å². The Labute approximate surface area is 109 Å². The van der Waals surface area contributed by atoms with E-state index in [0.29, 0.717) is 6.04 Å². The molecule has 2 heterocycles. The predicted molar refractivity (Wildman–Crippen MR) is 70.5 cm³/mol. The summed E-state index contributed by atoms with van der Waals surface area (Å²) in [5, 5.41) is 3.40. The summed E-state index contributed by atoms with van der Waals surface area (Å²) >= 11 is 0. The van der Waals surface area contributed by atoms with Crippen LogP contribution in [0.4, 0.5) is 0 Å². The van der Waals surface area contributed by atoms with E-state index in [4.69, 9.17) is 4.74 Å². The lowest BCUT2D eigenvalue weighted by Gasteiger charge is -2.27. The molecule has 1 unspecified atom stereocenters. The smallest absolute Gasteiger partial charge is 0.111 e. The van der Waals surface area contributed by atoms with E-state index >= 15 is 0 Å². The van der Waals surface area contributed by atoms with Crippen molar-refractivity contribution in [3.63, 3.8) is 0 Å². The van der Waals surface area contributed by atoms with Crippen molar-refractivity contribution in [3.8, 4) is 0 Å². The zero-order valence-corrected chi connectivity index (χ0v) is 11.0. The lowest BCUT2D eigenvalue weighted by atomic mass is 10.1. The molecule has 100 valence electrons. The number of hydrogen-bond acceptors (Lipinski definition) is 3. The van der Waals surface area contributed by atoms with Crippen molar-refractivity contribution in [2.45, 2.75) is 50.7 Å². The molecule has 1 saturated carbocycles. The molecule has 0 spiro atoms. The Bertz CT molecular complexity index is 363. The van der Waals surface area contributed by atoms with Crippen LogP contribution in [0.25, 0.3) is 0 Å². The highest BCUT2D eigenvalue weighted by atomic mass is 16.5. The molecule has 18 heavy (non-hydrogen) atoms. The molecule has 0 bridgehead atoms. The van der Waals surface area contributed by atoms with Gasteiger partial charge < -0.3 is 14.6 Å². The Morgan fingerprint density at radius 1 is 1.22 bits per heavy atom. The minimum Gasteiger partial charge on any atom is -0.369 e. The van der Waals surface area contributed by atoms with Gasteiger partial charge in [-0.2, -0.15) is 0 Å². The van der Waals surface area contributed by atoms with Gasteiger partial charge in [0.05, 0.1) is 24.8 Å². The Hall–Kier alpha value is -0.870. The Balaban J connectivity index is 1.76. The van der Waals surface area contributed by atoms with Gasteiger partial charge in [-0.25, -0.2) is 4.98 Å². The number of imidazole rings is 1. The van der Waals surface area contributed by atoms with Gasteiger partial charge in [0.25, 0.3) is 0 Å². The molecule has 1 aromatic rings. The molecule has 0 aromatic carbocycles. The fourth-order valence-corrected chi connectivity index (χ4v) is 3.16. The first kappa shape index (κ1) is 12.2. The summed E-state index contributed by atoms with van der Waals surface area (Å²) in [6, 6.07) is 0.635. The first-order chi connectivity index (χ1) is 8.95. The quantitative estimate of drug-likeness (QED) is 0.818. The van der Waals surface area contributed by atoms with Gasteiger partial charge in [0.1, 0.15) is 6.10 Å². The fourth-order valence-electron chi connectivity index (χ4n) is 3.16. The number of rotatable bonds is 2. The van der Waals surface area contributed by atoms with Gasteiger partial charge in [-0.15, -0.1) is 0 Å². The van der Waals surface area contributed by atoms with Gasteiger partial charge in [0.15, 0.2) is 0 Å². The third kappa shape index (κ3) is 2.59. The van der Waals surface area contributed by atoms with Gasteiger partial charge in [-0.05, 0) is 12.8 Å². The van der Waals surface area contributed by atoms with E-state index in [-0.39, 0.29) is 6.10 Å². The lowest BCUT2D eigenvalue weighted by molar-refractivity contribution is 0.0217. The molecule has 1 aromatic heterocycles. The molecule has 2 aliphatic rings. The maximum atomic E-state index is 5.86. The summed E-state index contributed by atoms with van der Waals surface area (Å²) in [5.74, 6) is 0. The third-order valence-electron chi connectivity index (χ3n) is 4.17. The van der Waals surface area contributed by atoms with Crippen molar-refractivity contribution in [1.82, 2.24) is 14.9 Å². The van der Waals surface area contributed by atoms with Crippen LogP contribution < -0.4 is 5.32 Å². The average Bonchev–Trinajstić information content (AvgIpc) is 2.75. The average molecular weight is 249 g/mol. The van der Waals surface area contributed by atoms with E-state index < -0.39 is 0 Å². The normalized spacial score (nSPS) is 27.0. The first-order valence-corrected chi connectivity index (χ1v) is 7.29. The Kier molecular flexibility index (Phi) is 3.96. The van der Waals surface area contributed by atoms with Crippen molar-refractivity contribution in [2.24, 2.45) is 0 Å². The highest BCUT2D eigenvalue weighted by Gasteiger charge is 2.23. The second kappa shape index (κ2) is 5.85. The van der Waals surface area contributed by atoms with Crippen LogP contribution in [0.15, 0.2) is 12.5 Å². The van der Waals surface area contributed by atoms with Crippen molar-refractivity contribution < 1.29 is 4.74 Å². The molecule has 1 saturated heterocycles. The van der Waals surface area contributed by atoms with Crippen LogP contribution in [-0.4, -0.2) is 29.2 Å². The van der Waals surface area contributed by atoms with Gasteiger partial charge in [0.2, 0.25) is 0 Å². The van der Waals surface area contributed by atoms with Gasteiger partial charge in [-0.1, -0.05) is 25.7 Å². The van der Waals surface area contributed by atoms with Crippen LogP contribution in [0.1, 0.15) is 56.4 Å². The SMILES string of the molecule is c1ncn(C2CCCCCC2)c1C1CNCCO1. The first-order valence-electron chi connectivity index (χ1n) is 7.29. The molecule has 2 fully saturated rings. The van der Waals surface area contributed by atoms with Crippen LogP contribution in [-0.2, 0) is 4.74 Å². The molecular weight excluding hydrogens is 226 g/mol. The van der Waals surface area contributed by atoms with Crippen LogP contribution in [0, 0.1) is 0 Å². The highest BCUT2D eigenvalue weighted by molar-refractivity contribution is 5.06. The van der Waals surface area contributed by atoms with Crippen molar-refractivity contribution in [1.29, 1.82) is 0 Å². The van der Waals surface area contributed by atoms with Crippen molar-refractivity contribution in [2.75, 3.05) is 19.7 Å². The van der Waals surface area contributed by atoms with Crippen LogP contribution in [0.5, 0.6) is 0 Å². The molecule has 4 heteroatoms. The highest BCUT2D eigenvalue weighted by Crippen LogP contribution is 2.30. The second-order valence-electron chi connectivity index (χ2n) is 5.43. The van der Waals surface area contributed by atoms with Crippen LogP contribution in [0.3, 0.4) is 0 Å². The van der Waals surface area contributed by atoms with Gasteiger partial charge in [0, 0.05) is 19.1 Å². The Morgan fingerprint density at radius 2 is 2.06 bits per heavy atom. The minimum atomic E-state index is 0.185. The molecule has 0 radical (unpaired) electrons. The van der Waals surface area contributed by atoms with Crippen molar-refractivity contribution >= 4 is 0 Å². The largest absolute Gasteiger partial charge is 0.369 e. The minimum absolute atomic E-state index is 0.185. The number of hydrogen-bond donors (Lipinski definition) is 1. The fraction of sp³-hybridized carbons (Fsp3) is 0.786. The van der Waals surface area contributed by atoms with E-state index in [1.165, 1.54) is 44.2 Å². The van der Waals surface area contributed by atoms with E-state index in [1.807, 2.05) is 12.5 Å². The van der Waals surface area contributed by atoms with E-state index in [9.17, 15) is 0 Å². The zero-order chi connectivity index (χ0) is 12.2. The summed E-state index contributed by atoms with van der Waals surface area (Å²) in [5.41, 5.74) is 1.26.